The average Bonchev–Trinajstić information content (AvgIpc) is 2.76. The maximum absolute atomic E-state index is 12.9. The summed E-state index contributed by atoms with van der Waals surface area (Å²) in [5.74, 6) is -0.353. The van der Waals surface area contributed by atoms with Gasteiger partial charge in [-0.3, -0.25) is 4.79 Å². The first-order chi connectivity index (χ1) is 16.2. The number of alkyl halides is 3. The Labute approximate surface area is 195 Å². The summed E-state index contributed by atoms with van der Waals surface area (Å²) in [5.41, 5.74) is 5.90. The van der Waals surface area contributed by atoms with E-state index in [0.717, 1.165) is 25.7 Å². The van der Waals surface area contributed by atoms with Gasteiger partial charge in [-0.25, -0.2) is 9.97 Å². The Morgan fingerprint density at radius 1 is 1.12 bits per heavy atom. The monoisotopic (exact) mass is 476 g/mol. The molecular formula is C23H27F3N6O2. The molecule has 0 aromatic carbocycles. The van der Waals surface area contributed by atoms with Crippen molar-refractivity contribution in [3.63, 3.8) is 0 Å². The zero-order valence-corrected chi connectivity index (χ0v) is 18.6. The highest BCUT2D eigenvalue weighted by Crippen LogP contribution is 2.57. The largest absolute Gasteiger partial charge is 0.474 e. The van der Waals surface area contributed by atoms with Gasteiger partial charge in [0.25, 0.3) is 5.91 Å². The van der Waals surface area contributed by atoms with Crippen LogP contribution in [0, 0.1) is 11.3 Å². The van der Waals surface area contributed by atoms with E-state index in [2.05, 4.69) is 20.3 Å². The quantitative estimate of drug-likeness (QED) is 0.657. The molecule has 1 saturated heterocycles. The minimum Gasteiger partial charge on any atom is -0.474 e. The smallest absolute Gasteiger partial charge is 0.391 e. The number of rotatable bonds is 6. The van der Waals surface area contributed by atoms with Gasteiger partial charge < -0.3 is 20.7 Å². The van der Waals surface area contributed by atoms with E-state index in [4.69, 9.17) is 10.5 Å². The van der Waals surface area contributed by atoms with E-state index in [-0.39, 0.29) is 36.3 Å². The number of nitrogens with zero attached hydrogens (tertiary/aromatic N) is 4. The van der Waals surface area contributed by atoms with Crippen LogP contribution in [0.2, 0.25) is 0 Å². The summed E-state index contributed by atoms with van der Waals surface area (Å²) in [5, 5.41) is 3.43. The lowest BCUT2D eigenvalue weighted by molar-refractivity contribution is -0.179. The second-order valence-corrected chi connectivity index (χ2v) is 9.66. The van der Waals surface area contributed by atoms with Crippen LogP contribution in [0.4, 0.5) is 24.9 Å². The molecule has 1 amide bonds. The Kier molecular flexibility index (Phi) is 5.73. The first kappa shape index (κ1) is 22.7. The zero-order chi connectivity index (χ0) is 23.9. The average molecular weight is 477 g/mol. The zero-order valence-electron chi connectivity index (χ0n) is 18.6. The minimum absolute atomic E-state index is 0.0132. The van der Waals surface area contributed by atoms with Crippen LogP contribution in [-0.2, 0) is 0 Å². The van der Waals surface area contributed by atoms with Crippen LogP contribution >= 0.6 is 0 Å². The van der Waals surface area contributed by atoms with E-state index in [9.17, 15) is 18.0 Å². The van der Waals surface area contributed by atoms with E-state index in [1.807, 2.05) is 4.90 Å². The lowest BCUT2D eigenvalue weighted by Crippen LogP contribution is -2.56. The van der Waals surface area contributed by atoms with Crippen molar-refractivity contribution in [2.45, 2.75) is 56.8 Å². The Hall–Kier alpha value is -3.11. The number of halogens is 3. The number of pyridine rings is 1. The van der Waals surface area contributed by atoms with E-state index in [0.29, 0.717) is 30.4 Å². The molecule has 0 bridgehead atoms. The number of carbonyl (C=O) groups is 1. The van der Waals surface area contributed by atoms with Gasteiger partial charge >= 0.3 is 6.18 Å². The molecular weight excluding hydrogens is 449 g/mol. The summed E-state index contributed by atoms with van der Waals surface area (Å²) >= 11 is 0. The maximum Gasteiger partial charge on any atom is 0.391 e. The van der Waals surface area contributed by atoms with Gasteiger partial charge in [0.15, 0.2) is 0 Å². The van der Waals surface area contributed by atoms with Gasteiger partial charge in [0.1, 0.15) is 17.5 Å². The molecule has 3 fully saturated rings. The number of nitrogens with two attached hydrogens (primary N) is 1. The van der Waals surface area contributed by atoms with Gasteiger partial charge in [0.05, 0.1) is 5.92 Å². The van der Waals surface area contributed by atoms with Gasteiger partial charge in [-0.2, -0.15) is 18.2 Å². The van der Waals surface area contributed by atoms with Gasteiger partial charge in [0, 0.05) is 31.5 Å². The third kappa shape index (κ3) is 4.60. The molecule has 2 saturated carbocycles. The third-order valence-electron chi connectivity index (χ3n) is 7.23. The van der Waals surface area contributed by atoms with Crippen LogP contribution in [0.1, 0.15) is 48.9 Å². The van der Waals surface area contributed by atoms with Crippen molar-refractivity contribution in [2.75, 3.05) is 23.3 Å². The molecule has 5 rings (SSSR count). The van der Waals surface area contributed by atoms with E-state index >= 15 is 0 Å². The number of aromatic nitrogens is 3. The summed E-state index contributed by atoms with van der Waals surface area (Å²) < 4.78 is 44.7. The molecule has 2 aromatic rings. The van der Waals surface area contributed by atoms with Crippen molar-refractivity contribution in [1.29, 1.82) is 0 Å². The molecule has 0 atom stereocenters. The van der Waals surface area contributed by atoms with Crippen molar-refractivity contribution in [3.05, 3.63) is 36.2 Å². The molecule has 1 spiro atoms. The van der Waals surface area contributed by atoms with Crippen molar-refractivity contribution < 1.29 is 22.7 Å². The molecule has 34 heavy (non-hydrogen) atoms. The fourth-order valence-corrected chi connectivity index (χ4v) is 5.44. The number of hydrogen-bond acceptors (Lipinski definition) is 7. The van der Waals surface area contributed by atoms with E-state index in [1.165, 1.54) is 0 Å². The number of hydrogen-bond donors (Lipinski definition) is 2. The Morgan fingerprint density at radius 2 is 1.85 bits per heavy atom. The van der Waals surface area contributed by atoms with Gasteiger partial charge in [-0.15, -0.1) is 0 Å². The second-order valence-electron chi connectivity index (χ2n) is 9.66. The van der Waals surface area contributed by atoms with Crippen molar-refractivity contribution in [1.82, 2.24) is 15.0 Å². The molecule has 3 aliphatic rings. The summed E-state index contributed by atoms with van der Waals surface area (Å²) in [6.07, 6.45) is 2.98. The molecule has 3 heterocycles. The van der Waals surface area contributed by atoms with Crippen LogP contribution in [0.15, 0.2) is 30.6 Å². The number of amides is 1. The van der Waals surface area contributed by atoms with Gasteiger partial charge in [-0.1, -0.05) is 0 Å². The fourth-order valence-electron chi connectivity index (χ4n) is 5.44. The van der Waals surface area contributed by atoms with E-state index in [1.54, 1.807) is 30.6 Å². The summed E-state index contributed by atoms with van der Waals surface area (Å²) in [4.78, 5) is 26.3. The maximum atomic E-state index is 12.9. The van der Waals surface area contributed by atoms with Crippen LogP contribution in [0.3, 0.4) is 0 Å². The van der Waals surface area contributed by atoms with Gasteiger partial charge in [0.2, 0.25) is 11.8 Å². The number of anilines is 2. The number of ether oxygens (including phenoxy) is 1. The molecule has 2 aromatic heterocycles. The second kappa shape index (κ2) is 8.59. The molecule has 182 valence electrons. The fraction of sp³-hybridized carbons (Fsp3) is 0.565. The minimum atomic E-state index is -4.14. The van der Waals surface area contributed by atoms with Crippen molar-refractivity contribution in [2.24, 2.45) is 17.1 Å². The summed E-state index contributed by atoms with van der Waals surface area (Å²) in [7, 11) is 0. The number of piperidine rings is 1. The number of primary amides is 1. The molecule has 0 unspecified atom stereocenters. The van der Waals surface area contributed by atoms with Crippen LogP contribution in [-0.4, -0.2) is 52.3 Å². The number of carbonyl (C=O) groups excluding carboxylic acids is 1. The lowest BCUT2D eigenvalue weighted by atomic mass is 9.53. The van der Waals surface area contributed by atoms with Crippen LogP contribution in [0.5, 0.6) is 5.88 Å². The highest BCUT2D eigenvalue weighted by molar-refractivity contribution is 5.94. The molecule has 11 heteroatoms. The van der Waals surface area contributed by atoms with E-state index < -0.39 is 18.0 Å². The Balaban J connectivity index is 1.10. The lowest BCUT2D eigenvalue weighted by Gasteiger charge is -2.57. The highest BCUT2D eigenvalue weighted by atomic mass is 19.4. The predicted molar refractivity (Wildman–Crippen MR) is 119 cm³/mol. The van der Waals surface area contributed by atoms with Gasteiger partial charge in [-0.05, 0) is 62.1 Å². The Morgan fingerprint density at radius 3 is 2.53 bits per heavy atom. The third-order valence-corrected chi connectivity index (χ3v) is 7.23. The molecule has 3 N–H and O–H groups in total. The summed E-state index contributed by atoms with van der Waals surface area (Å²) in [6.45, 7) is 0.602. The molecule has 8 nitrogen and oxygen atoms in total. The molecule has 1 aliphatic heterocycles. The number of nitrogens with one attached hydrogen (secondary N) is 1. The van der Waals surface area contributed by atoms with Crippen LogP contribution in [0.25, 0.3) is 0 Å². The highest BCUT2D eigenvalue weighted by Gasteiger charge is 2.54. The first-order valence-corrected chi connectivity index (χ1v) is 11.5. The van der Waals surface area contributed by atoms with Crippen LogP contribution < -0.4 is 20.7 Å². The predicted octanol–water partition coefficient (Wildman–Crippen LogP) is 3.55. The Bertz CT molecular complexity index is 1040. The molecule has 2 aliphatic carbocycles. The topological polar surface area (TPSA) is 106 Å². The normalized spacial score (nSPS) is 27.1. The molecule has 0 radical (unpaired) electrons. The SMILES string of the molecule is NC(=O)c1cccnc1OC1CC2(CC(Nc3ccnc(N4CCC(C(F)(F)F)CC4)n3)C2)C1. The first-order valence-electron chi connectivity index (χ1n) is 11.5. The standard InChI is InChI=1S/C23H27F3N6O2/c24-23(25,26)14-4-8-32(9-5-14)21-29-7-3-18(31-21)30-15-10-22(11-15)12-16(13-22)34-20-17(19(27)33)2-1-6-28-20/h1-3,6-7,14-16H,4-5,8-13H2,(H2,27,33)(H,29,30,31). The summed E-state index contributed by atoms with van der Waals surface area (Å²) in [6, 6.07) is 5.32. The van der Waals surface area contributed by atoms with Crippen molar-refractivity contribution >= 4 is 17.7 Å². The van der Waals surface area contributed by atoms with Crippen molar-refractivity contribution in [3.8, 4) is 5.88 Å².